The molecule has 3 aromatic rings. The minimum Gasteiger partial charge on any atom is -0.492 e. The third-order valence-corrected chi connectivity index (χ3v) is 6.45. The van der Waals surface area contributed by atoms with Gasteiger partial charge in [0.15, 0.2) is 0 Å². The number of thioether (sulfide) groups is 1. The quantitative estimate of drug-likeness (QED) is 0.419. The smallest absolute Gasteiger partial charge is 0.240 e. The highest BCUT2D eigenvalue weighted by molar-refractivity contribution is 7.98. The van der Waals surface area contributed by atoms with Crippen molar-refractivity contribution in [2.24, 2.45) is 0 Å². The van der Waals surface area contributed by atoms with Crippen LogP contribution in [0.15, 0.2) is 70.5 Å². The van der Waals surface area contributed by atoms with Gasteiger partial charge in [-0.3, -0.25) is 4.79 Å². The largest absolute Gasteiger partial charge is 0.492 e. The van der Waals surface area contributed by atoms with Gasteiger partial charge >= 0.3 is 0 Å². The van der Waals surface area contributed by atoms with Crippen molar-refractivity contribution >= 4 is 44.2 Å². The molecule has 0 aliphatic carbocycles. The Labute approximate surface area is 174 Å². The Morgan fingerprint density at radius 1 is 1.07 bits per heavy atom. The summed E-state index contributed by atoms with van der Waals surface area (Å²) in [4.78, 5) is 12.3. The summed E-state index contributed by atoms with van der Waals surface area (Å²) in [6.07, 6.45) is 1.86. The van der Waals surface area contributed by atoms with Crippen molar-refractivity contribution in [2.45, 2.75) is 16.7 Å². The van der Waals surface area contributed by atoms with Crippen LogP contribution in [0.2, 0.25) is 0 Å². The number of ether oxygens (including phenoxy) is 1. The van der Waals surface area contributed by atoms with Crippen molar-refractivity contribution in [3.05, 3.63) is 60.7 Å². The number of carbonyl (C=O) groups excluding carboxylic acids is 1. The van der Waals surface area contributed by atoms with Gasteiger partial charge in [0.05, 0.1) is 10.6 Å². The topological polar surface area (TPSA) is 84.5 Å². The summed E-state index contributed by atoms with van der Waals surface area (Å²) in [6.45, 7) is 1.69. The van der Waals surface area contributed by atoms with Crippen LogP contribution in [0.1, 0.15) is 6.92 Å². The first-order chi connectivity index (χ1) is 13.9. The number of sulfonamides is 1. The standard InChI is InChI=1S/C21H22N2O4S2/c1-15(24)23-19-14-17(10-11-21(19)28-2)29(25,26)22-12-13-27-20-9-5-7-16-6-3-4-8-18(16)20/h3-11,14,22H,12-13H2,1-2H3,(H,23,24). The molecule has 0 aliphatic rings. The van der Waals surface area contributed by atoms with Gasteiger partial charge in [-0.1, -0.05) is 36.4 Å². The molecular weight excluding hydrogens is 408 g/mol. The number of benzene rings is 3. The third-order valence-electron chi connectivity index (χ3n) is 4.19. The molecule has 0 spiro atoms. The summed E-state index contributed by atoms with van der Waals surface area (Å²) in [7, 11) is -3.73. The molecule has 29 heavy (non-hydrogen) atoms. The van der Waals surface area contributed by atoms with Crippen molar-refractivity contribution in [1.82, 2.24) is 4.72 Å². The lowest BCUT2D eigenvalue weighted by atomic mass is 10.1. The Kier molecular flexibility index (Phi) is 6.79. The highest BCUT2D eigenvalue weighted by atomic mass is 32.2. The first kappa shape index (κ1) is 21.2. The zero-order chi connectivity index (χ0) is 20.9. The van der Waals surface area contributed by atoms with Crippen LogP contribution in [0.4, 0.5) is 5.69 Å². The van der Waals surface area contributed by atoms with Crippen LogP contribution < -0.4 is 14.8 Å². The van der Waals surface area contributed by atoms with E-state index in [4.69, 9.17) is 4.74 Å². The minimum absolute atomic E-state index is 0.0872. The third kappa shape index (κ3) is 5.29. The SMILES string of the molecule is CSc1ccc(S(=O)(=O)NCCOc2cccc3ccccc23)cc1NC(C)=O. The van der Waals surface area contributed by atoms with E-state index < -0.39 is 10.0 Å². The minimum atomic E-state index is -3.73. The molecule has 0 saturated heterocycles. The van der Waals surface area contributed by atoms with Crippen LogP contribution in [0.3, 0.4) is 0 Å². The highest BCUT2D eigenvalue weighted by Gasteiger charge is 2.16. The zero-order valence-electron chi connectivity index (χ0n) is 16.1. The van der Waals surface area contributed by atoms with E-state index in [9.17, 15) is 13.2 Å². The number of carbonyl (C=O) groups is 1. The Morgan fingerprint density at radius 3 is 2.59 bits per heavy atom. The average Bonchev–Trinajstić information content (AvgIpc) is 2.71. The molecule has 0 radical (unpaired) electrons. The van der Waals surface area contributed by atoms with Crippen LogP contribution in [0.25, 0.3) is 10.8 Å². The highest BCUT2D eigenvalue weighted by Crippen LogP contribution is 2.28. The second-order valence-corrected chi connectivity index (χ2v) is 8.88. The normalized spacial score (nSPS) is 11.4. The molecule has 0 saturated carbocycles. The molecule has 3 aromatic carbocycles. The van der Waals surface area contributed by atoms with Crippen LogP contribution >= 0.6 is 11.8 Å². The first-order valence-corrected chi connectivity index (χ1v) is 11.7. The Balaban J connectivity index is 1.66. The zero-order valence-corrected chi connectivity index (χ0v) is 17.8. The van der Waals surface area contributed by atoms with E-state index in [-0.39, 0.29) is 24.0 Å². The van der Waals surface area contributed by atoms with E-state index in [1.54, 1.807) is 6.07 Å². The fourth-order valence-electron chi connectivity index (χ4n) is 2.88. The van der Waals surface area contributed by atoms with Crippen LogP contribution in [0.5, 0.6) is 5.75 Å². The molecule has 0 aliphatic heterocycles. The van der Waals surface area contributed by atoms with Crippen molar-refractivity contribution in [1.29, 1.82) is 0 Å². The van der Waals surface area contributed by atoms with Gasteiger partial charge in [-0.25, -0.2) is 13.1 Å². The molecule has 152 valence electrons. The molecule has 8 heteroatoms. The lowest BCUT2D eigenvalue weighted by Crippen LogP contribution is -2.28. The Hall–Kier alpha value is -2.55. The van der Waals surface area contributed by atoms with Crippen LogP contribution in [-0.4, -0.2) is 33.7 Å². The number of hydrogen-bond donors (Lipinski definition) is 2. The molecule has 0 fully saturated rings. The van der Waals surface area contributed by atoms with E-state index >= 15 is 0 Å². The Morgan fingerprint density at radius 2 is 1.83 bits per heavy atom. The molecule has 0 bridgehead atoms. The van der Waals surface area contributed by atoms with Gasteiger partial charge in [-0.05, 0) is 35.9 Å². The maximum atomic E-state index is 12.6. The van der Waals surface area contributed by atoms with Gasteiger partial charge in [0, 0.05) is 23.8 Å². The summed E-state index contributed by atoms with van der Waals surface area (Å²) in [6, 6.07) is 18.3. The summed E-state index contributed by atoms with van der Waals surface area (Å²) < 4.78 is 33.5. The lowest BCUT2D eigenvalue weighted by molar-refractivity contribution is -0.114. The van der Waals surface area contributed by atoms with Crippen molar-refractivity contribution in [3.63, 3.8) is 0 Å². The Bertz CT molecular complexity index is 1130. The number of anilines is 1. The maximum Gasteiger partial charge on any atom is 0.240 e. The van der Waals surface area contributed by atoms with Crippen molar-refractivity contribution < 1.29 is 17.9 Å². The molecule has 1 amide bonds. The summed E-state index contributed by atoms with van der Waals surface area (Å²) in [5.74, 6) is 0.450. The van der Waals surface area contributed by atoms with E-state index in [1.165, 1.54) is 30.8 Å². The summed E-state index contributed by atoms with van der Waals surface area (Å²) in [5, 5.41) is 4.70. The molecule has 0 aromatic heterocycles. The first-order valence-electron chi connectivity index (χ1n) is 8.96. The summed E-state index contributed by atoms with van der Waals surface area (Å²) >= 11 is 1.43. The van der Waals surface area contributed by atoms with Gasteiger partial charge in [-0.2, -0.15) is 0 Å². The van der Waals surface area contributed by atoms with Crippen molar-refractivity contribution in [2.75, 3.05) is 24.7 Å². The van der Waals surface area contributed by atoms with Gasteiger partial charge in [-0.15, -0.1) is 11.8 Å². The number of rotatable bonds is 8. The van der Waals surface area contributed by atoms with Gasteiger partial charge in [0.25, 0.3) is 0 Å². The predicted octanol–water partition coefficient (Wildman–Crippen LogP) is 3.88. The van der Waals surface area contributed by atoms with Gasteiger partial charge in [0.1, 0.15) is 12.4 Å². The predicted molar refractivity (Wildman–Crippen MR) is 117 cm³/mol. The second kappa shape index (κ2) is 9.30. The van der Waals surface area contributed by atoms with Crippen LogP contribution in [0, 0.1) is 0 Å². The van der Waals surface area contributed by atoms with Gasteiger partial charge in [0.2, 0.25) is 15.9 Å². The van der Waals surface area contributed by atoms with Crippen LogP contribution in [-0.2, 0) is 14.8 Å². The second-order valence-electron chi connectivity index (χ2n) is 6.27. The number of fused-ring (bicyclic) bond motifs is 1. The molecular formula is C21H22N2O4S2. The van der Waals surface area contributed by atoms with Gasteiger partial charge < -0.3 is 10.1 Å². The number of amides is 1. The fraction of sp³-hybridized carbons (Fsp3) is 0.190. The van der Waals surface area contributed by atoms with E-state index in [0.29, 0.717) is 11.4 Å². The molecule has 0 heterocycles. The van der Waals surface area contributed by atoms with E-state index in [2.05, 4.69) is 10.0 Å². The lowest BCUT2D eigenvalue weighted by Gasteiger charge is -2.13. The number of nitrogens with one attached hydrogen (secondary N) is 2. The maximum absolute atomic E-state index is 12.6. The molecule has 2 N–H and O–H groups in total. The summed E-state index contributed by atoms with van der Waals surface area (Å²) in [5.41, 5.74) is 0.472. The molecule has 3 rings (SSSR count). The molecule has 6 nitrogen and oxygen atoms in total. The monoisotopic (exact) mass is 430 g/mol. The van der Waals surface area contributed by atoms with E-state index in [1.807, 2.05) is 48.7 Å². The molecule has 0 atom stereocenters. The van der Waals surface area contributed by atoms with E-state index in [0.717, 1.165) is 15.7 Å². The molecule has 0 unspecified atom stereocenters. The average molecular weight is 431 g/mol. The van der Waals surface area contributed by atoms with Crippen molar-refractivity contribution in [3.8, 4) is 5.75 Å². The fourth-order valence-corrected chi connectivity index (χ4v) is 4.46. The number of hydrogen-bond acceptors (Lipinski definition) is 5.